The molecule has 1 aliphatic heterocycles. The van der Waals surface area contributed by atoms with Gasteiger partial charge in [-0.25, -0.2) is 4.79 Å². The molecule has 1 aliphatic rings. The Morgan fingerprint density at radius 2 is 2.19 bits per heavy atom. The average molecular weight is 216 g/mol. The molecule has 1 amide bonds. The highest BCUT2D eigenvalue weighted by atomic mass is 16.6. The number of rotatable bonds is 3. The van der Waals surface area contributed by atoms with Crippen molar-refractivity contribution in [1.82, 2.24) is 4.90 Å². The van der Waals surface area contributed by atoms with Crippen molar-refractivity contribution >= 4 is 6.09 Å². The number of hydrogen-bond acceptors (Lipinski definition) is 3. The van der Waals surface area contributed by atoms with E-state index in [0.29, 0.717) is 13.1 Å². The molecule has 1 saturated heterocycles. The molecule has 2 rings (SSSR count). The first-order valence-corrected chi connectivity index (χ1v) is 5.18. The summed E-state index contributed by atoms with van der Waals surface area (Å²) >= 11 is 0. The van der Waals surface area contributed by atoms with Gasteiger partial charge in [0.05, 0.1) is 6.54 Å². The number of hydrogen-bond donors (Lipinski definition) is 0. The second-order valence-electron chi connectivity index (χ2n) is 3.68. The van der Waals surface area contributed by atoms with Crippen molar-refractivity contribution in [2.24, 2.45) is 0 Å². The number of carbonyl (C=O) groups is 1. The van der Waals surface area contributed by atoms with Crippen LogP contribution in [0.15, 0.2) is 30.3 Å². The Kier molecular flexibility index (Phi) is 3.06. The first-order chi connectivity index (χ1) is 7.79. The summed E-state index contributed by atoms with van der Waals surface area (Å²) in [6.07, 6.45) is -0.209. The molecular formula is C12H12N2O2. The minimum atomic E-state index is -0.608. The highest BCUT2D eigenvalue weighted by Gasteiger charge is 2.30. The van der Waals surface area contributed by atoms with Gasteiger partial charge in [0.15, 0.2) is 0 Å². The molecule has 1 aromatic rings. The topological polar surface area (TPSA) is 53.3 Å². The Hall–Kier alpha value is -2.02. The van der Waals surface area contributed by atoms with E-state index in [1.165, 1.54) is 5.56 Å². The monoisotopic (exact) mass is 216 g/mol. The van der Waals surface area contributed by atoms with Crippen molar-refractivity contribution in [2.75, 3.05) is 13.1 Å². The van der Waals surface area contributed by atoms with Crippen LogP contribution in [0.4, 0.5) is 4.79 Å². The second kappa shape index (κ2) is 4.67. The standard InChI is InChI=1S/C12H12N2O2/c13-8-11-9-14(12(15)16-11)7-6-10-4-2-1-3-5-10/h1-5,11H,6-7,9H2. The van der Waals surface area contributed by atoms with Gasteiger partial charge in [-0.2, -0.15) is 5.26 Å². The van der Waals surface area contributed by atoms with E-state index in [0.717, 1.165) is 6.42 Å². The van der Waals surface area contributed by atoms with E-state index in [4.69, 9.17) is 10.00 Å². The van der Waals surface area contributed by atoms with Gasteiger partial charge in [0, 0.05) is 6.54 Å². The van der Waals surface area contributed by atoms with Crippen LogP contribution < -0.4 is 0 Å². The van der Waals surface area contributed by atoms with Gasteiger partial charge in [0.1, 0.15) is 6.07 Å². The molecule has 0 aliphatic carbocycles. The normalized spacial score (nSPS) is 19.3. The van der Waals surface area contributed by atoms with Gasteiger partial charge >= 0.3 is 6.09 Å². The molecule has 1 aromatic carbocycles. The fourth-order valence-corrected chi connectivity index (χ4v) is 1.67. The lowest BCUT2D eigenvalue weighted by atomic mass is 10.1. The summed E-state index contributed by atoms with van der Waals surface area (Å²) in [6.45, 7) is 0.975. The van der Waals surface area contributed by atoms with Crippen LogP contribution in [0.1, 0.15) is 5.56 Å². The van der Waals surface area contributed by atoms with Crippen LogP contribution in [0, 0.1) is 11.3 Å². The van der Waals surface area contributed by atoms with E-state index in [2.05, 4.69) is 0 Å². The largest absolute Gasteiger partial charge is 0.429 e. The number of carbonyl (C=O) groups excluding carboxylic acids is 1. The van der Waals surface area contributed by atoms with E-state index in [1.807, 2.05) is 36.4 Å². The molecule has 1 unspecified atom stereocenters. The smallest absolute Gasteiger partial charge is 0.411 e. The molecule has 1 atom stereocenters. The quantitative estimate of drug-likeness (QED) is 0.770. The molecule has 16 heavy (non-hydrogen) atoms. The molecular weight excluding hydrogens is 204 g/mol. The first-order valence-electron chi connectivity index (χ1n) is 5.18. The van der Waals surface area contributed by atoms with Gasteiger partial charge in [-0.3, -0.25) is 0 Å². The van der Waals surface area contributed by atoms with E-state index in [9.17, 15) is 4.79 Å². The fourth-order valence-electron chi connectivity index (χ4n) is 1.67. The first kappa shape index (κ1) is 10.5. The number of ether oxygens (including phenoxy) is 1. The zero-order chi connectivity index (χ0) is 11.4. The zero-order valence-electron chi connectivity index (χ0n) is 8.80. The van der Waals surface area contributed by atoms with Gasteiger partial charge in [-0.15, -0.1) is 0 Å². The summed E-state index contributed by atoms with van der Waals surface area (Å²) in [4.78, 5) is 12.9. The van der Waals surface area contributed by atoms with Gasteiger partial charge in [0.2, 0.25) is 6.10 Å². The summed E-state index contributed by atoms with van der Waals surface area (Å²) < 4.78 is 4.84. The van der Waals surface area contributed by atoms with Crippen LogP contribution >= 0.6 is 0 Å². The summed E-state index contributed by atoms with van der Waals surface area (Å²) in [5.41, 5.74) is 1.18. The summed E-state index contributed by atoms with van der Waals surface area (Å²) in [7, 11) is 0. The third-order valence-corrected chi connectivity index (χ3v) is 2.54. The zero-order valence-corrected chi connectivity index (χ0v) is 8.80. The van der Waals surface area contributed by atoms with Crippen LogP contribution in [0.2, 0.25) is 0 Å². The van der Waals surface area contributed by atoms with E-state index < -0.39 is 6.10 Å². The SMILES string of the molecule is N#CC1CN(CCc2ccccc2)C(=O)O1. The lowest BCUT2D eigenvalue weighted by Crippen LogP contribution is -2.27. The average Bonchev–Trinajstić information content (AvgIpc) is 2.69. The molecule has 4 heteroatoms. The molecule has 0 N–H and O–H groups in total. The maximum atomic E-state index is 11.3. The summed E-state index contributed by atoms with van der Waals surface area (Å²) in [5, 5.41) is 8.63. The van der Waals surface area contributed by atoms with Crippen LogP contribution in [0.5, 0.6) is 0 Å². The van der Waals surface area contributed by atoms with Crippen molar-refractivity contribution < 1.29 is 9.53 Å². The highest BCUT2D eigenvalue weighted by molar-refractivity contribution is 5.70. The predicted octanol–water partition coefficient (Wildman–Crippen LogP) is 1.57. The molecule has 4 nitrogen and oxygen atoms in total. The van der Waals surface area contributed by atoms with Gasteiger partial charge in [-0.1, -0.05) is 30.3 Å². The Balaban J connectivity index is 1.88. The van der Waals surface area contributed by atoms with Crippen molar-refractivity contribution in [1.29, 1.82) is 5.26 Å². The number of cyclic esters (lactones) is 1. The maximum absolute atomic E-state index is 11.3. The Morgan fingerprint density at radius 3 is 2.81 bits per heavy atom. The minimum absolute atomic E-state index is 0.377. The summed E-state index contributed by atoms with van der Waals surface area (Å²) in [6, 6.07) is 11.9. The molecule has 0 radical (unpaired) electrons. The van der Waals surface area contributed by atoms with Gasteiger partial charge in [0.25, 0.3) is 0 Å². The fraction of sp³-hybridized carbons (Fsp3) is 0.333. The third kappa shape index (κ3) is 2.31. The van der Waals surface area contributed by atoms with E-state index in [1.54, 1.807) is 4.90 Å². The lowest BCUT2D eigenvalue weighted by molar-refractivity contribution is 0.147. The van der Waals surface area contributed by atoms with Crippen LogP contribution in [0.25, 0.3) is 0 Å². The minimum Gasteiger partial charge on any atom is -0.429 e. The van der Waals surface area contributed by atoms with Crippen molar-refractivity contribution in [3.63, 3.8) is 0 Å². The van der Waals surface area contributed by atoms with Crippen molar-refractivity contribution in [2.45, 2.75) is 12.5 Å². The van der Waals surface area contributed by atoms with E-state index >= 15 is 0 Å². The number of nitrogens with zero attached hydrogens (tertiary/aromatic N) is 2. The molecule has 82 valence electrons. The third-order valence-electron chi connectivity index (χ3n) is 2.54. The Morgan fingerprint density at radius 1 is 1.44 bits per heavy atom. The molecule has 0 bridgehead atoms. The van der Waals surface area contributed by atoms with E-state index in [-0.39, 0.29) is 6.09 Å². The predicted molar refractivity (Wildman–Crippen MR) is 57.6 cm³/mol. The van der Waals surface area contributed by atoms with Crippen molar-refractivity contribution in [3.8, 4) is 6.07 Å². The van der Waals surface area contributed by atoms with Crippen LogP contribution in [-0.4, -0.2) is 30.2 Å². The number of benzene rings is 1. The van der Waals surface area contributed by atoms with Gasteiger partial charge < -0.3 is 9.64 Å². The Bertz CT molecular complexity index is 411. The molecule has 1 heterocycles. The molecule has 0 saturated carbocycles. The molecule has 1 fully saturated rings. The lowest BCUT2D eigenvalue weighted by Gasteiger charge is -2.11. The molecule has 0 spiro atoms. The van der Waals surface area contributed by atoms with Crippen LogP contribution in [-0.2, 0) is 11.2 Å². The number of nitriles is 1. The molecule has 0 aromatic heterocycles. The summed E-state index contributed by atoms with van der Waals surface area (Å²) in [5.74, 6) is 0. The van der Waals surface area contributed by atoms with Crippen molar-refractivity contribution in [3.05, 3.63) is 35.9 Å². The Labute approximate surface area is 94.0 Å². The van der Waals surface area contributed by atoms with Crippen LogP contribution in [0.3, 0.4) is 0 Å². The maximum Gasteiger partial charge on any atom is 0.411 e. The highest BCUT2D eigenvalue weighted by Crippen LogP contribution is 2.11. The number of amides is 1. The second-order valence-corrected chi connectivity index (χ2v) is 3.68. The van der Waals surface area contributed by atoms with Gasteiger partial charge in [-0.05, 0) is 12.0 Å².